The Labute approximate surface area is 120 Å². The fraction of sp³-hybridized carbons (Fsp3) is 0. The summed E-state index contributed by atoms with van der Waals surface area (Å²) in [7, 11) is 0. The number of rotatable bonds is 2. The average Bonchev–Trinajstić information content (AvgIpc) is 3.01. The minimum Gasteiger partial charge on any atom is -0.464 e. The molecule has 2 aromatic heterocycles. The van der Waals surface area contributed by atoms with E-state index >= 15 is 0 Å². The minimum absolute atomic E-state index is 0.241. The van der Waals surface area contributed by atoms with Gasteiger partial charge >= 0.3 is 0 Å². The van der Waals surface area contributed by atoms with Crippen molar-refractivity contribution in [2.24, 2.45) is 0 Å². The van der Waals surface area contributed by atoms with Crippen molar-refractivity contribution in [3.8, 4) is 28.7 Å². The number of hydrogen-bond acceptors (Lipinski definition) is 3. The summed E-state index contributed by atoms with van der Waals surface area (Å²) in [6.45, 7) is 0. The van der Waals surface area contributed by atoms with Gasteiger partial charge in [0, 0.05) is 11.1 Å². The van der Waals surface area contributed by atoms with Crippen LogP contribution in [0.15, 0.2) is 53.1 Å². The highest BCUT2D eigenvalue weighted by atomic mass is 19.1. The maximum atomic E-state index is 13.0. The highest BCUT2D eigenvalue weighted by Gasteiger charge is 2.18. The molecule has 0 aliphatic carbocycles. The van der Waals surface area contributed by atoms with Gasteiger partial charge in [-0.05, 0) is 42.5 Å². The van der Waals surface area contributed by atoms with Gasteiger partial charge in [-0.3, -0.25) is 5.73 Å². The van der Waals surface area contributed by atoms with Gasteiger partial charge in [0.2, 0.25) is 0 Å². The first-order valence-electron chi connectivity index (χ1n) is 6.25. The second kappa shape index (κ2) is 5.10. The van der Waals surface area contributed by atoms with Crippen molar-refractivity contribution in [2.75, 3.05) is 5.73 Å². The molecule has 4 nitrogen and oxygen atoms in total. The van der Waals surface area contributed by atoms with E-state index in [0.29, 0.717) is 22.6 Å². The molecule has 0 saturated carbocycles. The number of nitrogens with zero attached hydrogens (tertiary/aromatic N) is 1. The van der Waals surface area contributed by atoms with Gasteiger partial charge in [-0.15, -0.1) is 0 Å². The summed E-state index contributed by atoms with van der Waals surface area (Å²) < 4.78 is 18.4. The van der Waals surface area contributed by atoms with Crippen molar-refractivity contribution in [2.45, 2.75) is 0 Å². The van der Waals surface area contributed by atoms with Gasteiger partial charge in [0.15, 0.2) is 5.56 Å². The summed E-state index contributed by atoms with van der Waals surface area (Å²) in [5, 5.41) is 9.25. The van der Waals surface area contributed by atoms with Crippen molar-refractivity contribution < 1.29 is 13.8 Å². The fourth-order valence-corrected chi connectivity index (χ4v) is 2.14. The lowest BCUT2D eigenvalue weighted by molar-refractivity contribution is -0.346. The van der Waals surface area contributed by atoms with Gasteiger partial charge in [-0.2, -0.15) is 5.26 Å². The molecule has 0 radical (unpaired) electrons. The molecule has 3 aromatic rings. The van der Waals surface area contributed by atoms with E-state index in [1.54, 1.807) is 30.3 Å². The van der Waals surface area contributed by atoms with Crippen molar-refractivity contribution in [3.63, 3.8) is 0 Å². The van der Waals surface area contributed by atoms with Crippen LogP contribution in [0.5, 0.6) is 0 Å². The number of pyridine rings is 1. The van der Waals surface area contributed by atoms with E-state index in [1.165, 1.54) is 18.4 Å². The van der Waals surface area contributed by atoms with Gasteiger partial charge in [0.05, 0.1) is 6.26 Å². The van der Waals surface area contributed by atoms with E-state index in [-0.39, 0.29) is 11.6 Å². The predicted octanol–water partition coefficient (Wildman–Crippen LogP) is 3.02. The number of hydrogen-bond donors (Lipinski definition) is 1. The van der Waals surface area contributed by atoms with Crippen LogP contribution in [0.1, 0.15) is 5.56 Å². The number of aromatic nitrogens is 1. The lowest BCUT2D eigenvalue weighted by Crippen LogP contribution is -2.16. The third-order valence-corrected chi connectivity index (χ3v) is 3.15. The van der Waals surface area contributed by atoms with Crippen LogP contribution in [-0.4, -0.2) is 0 Å². The molecule has 0 fully saturated rings. The number of H-pyrrole nitrogens is 1. The molecule has 0 aliphatic heterocycles. The summed E-state index contributed by atoms with van der Waals surface area (Å²) in [6, 6.07) is 13.3. The molecule has 0 saturated heterocycles. The molecular formula is C16H11FN3O+. The minimum atomic E-state index is -0.313. The molecule has 0 atom stereocenters. The predicted molar refractivity (Wildman–Crippen MR) is 75.2 cm³/mol. The Morgan fingerprint density at radius 1 is 1.19 bits per heavy atom. The maximum absolute atomic E-state index is 13.0. The number of aromatic amines is 1. The third-order valence-electron chi connectivity index (χ3n) is 3.15. The zero-order valence-corrected chi connectivity index (χ0v) is 10.9. The first-order valence-corrected chi connectivity index (χ1v) is 6.25. The largest absolute Gasteiger partial charge is 0.464 e. The number of nitrogen functional groups attached to an aromatic ring is 1. The van der Waals surface area contributed by atoms with E-state index in [9.17, 15) is 9.65 Å². The Balaban J connectivity index is 2.21. The molecular weight excluding hydrogens is 269 g/mol. The number of nitrogens with one attached hydrogen (secondary N) is 1. The summed E-state index contributed by atoms with van der Waals surface area (Å²) in [5.74, 6) is 0.480. The normalized spacial score (nSPS) is 10.3. The van der Waals surface area contributed by atoms with Crippen LogP contribution in [-0.2, 0) is 0 Å². The summed E-state index contributed by atoms with van der Waals surface area (Å²) >= 11 is 0. The van der Waals surface area contributed by atoms with Crippen molar-refractivity contribution in [1.82, 2.24) is 0 Å². The Bertz CT molecular complexity index is 818. The molecule has 2 heterocycles. The van der Waals surface area contributed by atoms with Crippen LogP contribution in [0.4, 0.5) is 10.2 Å². The molecule has 0 amide bonds. The van der Waals surface area contributed by atoms with E-state index in [1.807, 2.05) is 0 Å². The number of halogens is 1. The van der Waals surface area contributed by atoms with Crippen LogP contribution < -0.4 is 10.7 Å². The lowest BCUT2D eigenvalue weighted by Gasteiger charge is -2.05. The van der Waals surface area contributed by atoms with Gasteiger partial charge in [-0.25, -0.2) is 9.37 Å². The van der Waals surface area contributed by atoms with Crippen LogP contribution in [0, 0.1) is 17.1 Å². The standard InChI is InChI=1S/C16H10FN3O/c17-11-5-3-10(4-6-11)14-8-12(15-2-1-7-21-15)13(9-18)16(19)20-14/h1-8H,(H2,19,20)/p+1. The molecule has 5 heteroatoms. The quantitative estimate of drug-likeness (QED) is 0.783. The highest BCUT2D eigenvalue weighted by Crippen LogP contribution is 2.29. The number of nitriles is 1. The number of anilines is 1. The van der Waals surface area contributed by atoms with E-state index in [0.717, 1.165) is 5.56 Å². The van der Waals surface area contributed by atoms with Gasteiger partial charge in [0.1, 0.15) is 23.3 Å². The first-order chi connectivity index (χ1) is 10.2. The molecule has 102 valence electrons. The number of nitrogens with two attached hydrogens (primary N) is 1. The topological polar surface area (TPSA) is 77.1 Å². The summed E-state index contributed by atoms with van der Waals surface area (Å²) in [4.78, 5) is 2.96. The Morgan fingerprint density at radius 3 is 2.57 bits per heavy atom. The molecule has 0 aliphatic rings. The maximum Gasteiger partial charge on any atom is 0.289 e. The SMILES string of the molecule is N#Cc1c(-c2ccco2)cc(-c2ccc(F)cc2)[nH+]c1N. The monoisotopic (exact) mass is 280 g/mol. The Hall–Kier alpha value is -3.13. The molecule has 3 N–H and O–H groups in total. The summed E-state index contributed by atoms with van der Waals surface area (Å²) in [6.07, 6.45) is 1.53. The van der Waals surface area contributed by atoms with E-state index in [4.69, 9.17) is 10.2 Å². The third kappa shape index (κ3) is 2.35. The van der Waals surface area contributed by atoms with Crippen LogP contribution in [0.3, 0.4) is 0 Å². The smallest absolute Gasteiger partial charge is 0.289 e. The second-order valence-electron chi connectivity index (χ2n) is 4.48. The van der Waals surface area contributed by atoms with Crippen molar-refractivity contribution in [1.29, 1.82) is 5.26 Å². The Morgan fingerprint density at radius 2 is 1.95 bits per heavy atom. The summed E-state index contributed by atoms with van der Waals surface area (Å²) in [5.41, 5.74) is 8.27. The van der Waals surface area contributed by atoms with E-state index < -0.39 is 0 Å². The average molecular weight is 280 g/mol. The first kappa shape index (κ1) is 12.9. The highest BCUT2D eigenvalue weighted by molar-refractivity contribution is 5.74. The zero-order valence-electron chi connectivity index (χ0n) is 10.9. The van der Waals surface area contributed by atoms with Gasteiger partial charge < -0.3 is 4.42 Å². The van der Waals surface area contributed by atoms with Gasteiger partial charge in [0.25, 0.3) is 5.82 Å². The van der Waals surface area contributed by atoms with Crippen molar-refractivity contribution >= 4 is 5.82 Å². The molecule has 3 rings (SSSR count). The van der Waals surface area contributed by atoms with E-state index in [2.05, 4.69) is 11.1 Å². The van der Waals surface area contributed by atoms with Crippen molar-refractivity contribution in [3.05, 3.63) is 60.1 Å². The zero-order chi connectivity index (χ0) is 14.8. The van der Waals surface area contributed by atoms with Crippen LogP contribution >= 0.6 is 0 Å². The molecule has 0 unspecified atom stereocenters. The lowest BCUT2D eigenvalue weighted by atomic mass is 10.0. The molecule has 0 bridgehead atoms. The fourth-order valence-electron chi connectivity index (χ4n) is 2.14. The number of furan rings is 1. The Kier molecular flexibility index (Phi) is 3.13. The van der Waals surface area contributed by atoms with Gasteiger partial charge in [-0.1, -0.05) is 0 Å². The number of benzene rings is 1. The second-order valence-corrected chi connectivity index (χ2v) is 4.48. The molecule has 0 spiro atoms. The van der Waals surface area contributed by atoms with Crippen LogP contribution in [0.2, 0.25) is 0 Å². The molecule has 21 heavy (non-hydrogen) atoms. The molecule has 1 aromatic carbocycles. The van der Waals surface area contributed by atoms with Crippen LogP contribution in [0.25, 0.3) is 22.6 Å².